The van der Waals surface area contributed by atoms with Crippen LogP contribution >= 0.6 is 0 Å². The predicted octanol–water partition coefficient (Wildman–Crippen LogP) is 3.98. The summed E-state index contributed by atoms with van der Waals surface area (Å²) >= 11 is 0. The third-order valence-corrected chi connectivity index (χ3v) is 6.08. The van der Waals surface area contributed by atoms with Crippen LogP contribution in [0.5, 0.6) is 5.75 Å². The van der Waals surface area contributed by atoms with Crippen molar-refractivity contribution in [1.29, 1.82) is 0 Å². The van der Waals surface area contributed by atoms with Crippen LogP contribution < -0.4 is 10.1 Å². The molecule has 162 valence electrons. The molecule has 0 saturated carbocycles. The average Bonchev–Trinajstić information content (AvgIpc) is 3.20. The number of aryl methyl sites for hydroxylation is 2. The van der Waals surface area contributed by atoms with Gasteiger partial charge >= 0.3 is 0 Å². The molecule has 1 aliphatic heterocycles. The SMILES string of the molecule is COc1ccc(C)cc1C1(CNC(=O)c2cc(C)n(-c3ccccc3)n2)CCOCC1. The van der Waals surface area contributed by atoms with E-state index in [1.165, 1.54) is 5.56 Å². The summed E-state index contributed by atoms with van der Waals surface area (Å²) in [5, 5.41) is 7.69. The van der Waals surface area contributed by atoms with Crippen molar-refractivity contribution in [2.75, 3.05) is 26.9 Å². The molecule has 1 N–H and O–H groups in total. The summed E-state index contributed by atoms with van der Waals surface area (Å²) < 4.78 is 13.1. The first-order valence-corrected chi connectivity index (χ1v) is 10.7. The molecular weight excluding hydrogens is 390 g/mol. The number of methoxy groups -OCH3 is 1. The second kappa shape index (κ2) is 8.94. The predicted molar refractivity (Wildman–Crippen MR) is 120 cm³/mol. The van der Waals surface area contributed by atoms with E-state index in [1.807, 2.05) is 55.5 Å². The number of rotatable bonds is 6. The van der Waals surface area contributed by atoms with Gasteiger partial charge in [0.1, 0.15) is 5.75 Å². The van der Waals surface area contributed by atoms with Crippen LogP contribution in [0.2, 0.25) is 0 Å². The zero-order chi connectivity index (χ0) is 21.8. The summed E-state index contributed by atoms with van der Waals surface area (Å²) in [5.41, 5.74) is 4.33. The smallest absolute Gasteiger partial charge is 0.271 e. The molecule has 3 aromatic rings. The van der Waals surface area contributed by atoms with Crippen LogP contribution in [0, 0.1) is 13.8 Å². The van der Waals surface area contributed by atoms with Crippen molar-refractivity contribution in [3.05, 3.63) is 77.1 Å². The molecule has 1 amide bonds. The van der Waals surface area contributed by atoms with Crippen molar-refractivity contribution in [3.8, 4) is 11.4 Å². The third-order valence-electron chi connectivity index (χ3n) is 6.08. The molecule has 0 unspecified atom stereocenters. The second-order valence-corrected chi connectivity index (χ2v) is 8.20. The monoisotopic (exact) mass is 419 g/mol. The lowest BCUT2D eigenvalue weighted by Gasteiger charge is -2.38. The Morgan fingerprint density at radius 2 is 1.87 bits per heavy atom. The summed E-state index contributed by atoms with van der Waals surface area (Å²) in [4.78, 5) is 13.0. The second-order valence-electron chi connectivity index (χ2n) is 8.20. The van der Waals surface area contributed by atoms with Gasteiger partial charge < -0.3 is 14.8 Å². The van der Waals surface area contributed by atoms with Gasteiger partial charge in [-0.05, 0) is 51.0 Å². The number of nitrogens with zero attached hydrogens (tertiary/aromatic N) is 2. The van der Waals surface area contributed by atoms with Gasteiger partial charge in [0.2, 0.25) is 0 Å². The van der Waals surface area contributed by atoms with Gasteiger partial charge in [0.15, 0.2) is 5.69 Å². The Morgan fingerprint density at radius 3 is 2.58 bits per heavy atom. The van der Waals surface area contributed by atoms with Crippen molar-refractivity contribution >= 4 is 5.91 Å². The molecule has 0 bridgehead atoms. The van der Waals surface area contributed by atoms with Gasteiger partial charge in [-0.2, -0.15) is 5.10 Å². The summed E-state index contributed by atoms with van der Waals surface area (Å²) in [6.07, 6.45) is 1.65. The van der Waals surface area contributed by atoms with Crippen LogP contribution in [0.3, 0.4) is 0 Å². The molecule has 1 aliphatic rings. The van der Waals surface area contributed by atoms with E-state index in [0.717, 1.165) is 35.5 Å². The minimum Gasteiger partial charge on any atom is -0.496 e. The standard InChI is InChI=1S/C25H29N3O3/c1-18-9-10-23(30-3)21(15-18)25(11-13-31-14-12-25)17-26-24(29)22-16-19(2)28(27-22)20-7-5-4-6-8-20/h4-10,15-16H,11-14,17H2,1-3H3,(H,26,29). The number of aromatic nitrogens is 2. The number of benzene rings is 2. The lowest BCUT2D eigenvalue weighted by atomic mass is 9.73. The van der Waals surface area contributed by atoms with Gasteiger partial charge in [-0.15, -0.1) is 0 Å². The maximum atomic E-state index is 13.0. The summed E-state index contributed by atoms with van der Waals surface area (Å²) in [5.74, 6) is 0.682. The highest BCUT2D eigenvalue weighted by atomic mass is 16.5. The van der Waals surface area contributed by atoms with E-state index in [2.05, 4.69) is 23.4 Å². The molecule has 0 aliphatic carbocycles. The minimum absolute atomic E-state index is 0.171. The first-order chi connectivity index (χ1) is 15.0. The van der Waals surface area contributed by atoms with Gasteiger partial charge in [-0.3, -0.25) is 4.79 Å². The van der Waals surface area contributed by atoms with E-state index in [9.17, 15) is 4.79 Å². The molecule has 6 nitrogen and oxygen atoms in total. The number of hydrogen-bond donors (Lipinski definition) is 1. The molecule has 0 spiro atoms. The van der Waals surface area contributed by atoms with Crippen LogP contribution in [0.1, 0.15) is 40.2 Å². The van der Waals surface area contributed by atoms with Crippen LogP contribution in [-0.4, -0.2) is 42.6 Å². The van der Waals surface area contributed by atoms with Crippen molar-refractivity contribution in [1.82, 2.24) is 15.1 Å². The van der Waals surface area contributed by atoms with Crippen LogP contribution in [0.4, 0.5) is 0 Å². The Morgan fingerprint density at radius 1 is 1.13 bits per heavy atom. The number of carbonyl (C=O) groups excluding carboxylic acids is 1. The number of para-hydroxylation sites is 1. The zero-order valence-electron chi connectivity index (χ0n) is 18.4. The van der Waals surface area contributed by atoms with E-state index in [-0.39, 0.29) is 11.3 Å². The molecule has 2 aromatic carbocycles. The van der Waals surface area contributed by atoms with Crippen molar-refractivity contribution in [2.24, 2.45) is 0 Å². The Balaban J connectivity index is 1.58. The summed E-state index contributed by atoms with van der Waals surface area (Å²) in [6.45, 7) is 5.86. The van der Waals surface area contributed by atoms with Crippen LogP contribution in [-0.2, 0) is 10.2 Å². The lowest BCUT2D eigenvalue weighted by Crippen LogP contribution is -2.45. The molecule has 1 saturated heterocycles. The van der Waals surface area contributed by atoms with E-state index in [4.69, 9.17) is 9.47 Å². The highest BCUT2D eigenvalue weighted by molar-refractivity contribution is 5.92. The largest absolute Gasteiger partial charge is 0.496 e. The Labute approximate surface area is 183 Å². The van der Waals surface area contributed by atoms with Crippen molar-refractivity contribution in [2.45, 2.75) is 32.1 Å². The average molecular weight is 420 g/mol. The first-order valence-electron chi connectivity index (χ1n) is 10.7. The number of carbonyl (C=O) groups is 1. The maximum absolute atomic E-state index is 13.0. The highest BCUT2D eigenvalue weighted by Crippen LogP contribution is 2.40. The van der Waals surface area contributed by atoms with Crippen molar-refractivity contribution < 1.29 is 14.3 Å². The van der Waals surface area contributed by atoms with E-state index >= 15 is 0 Å². The number of nitrogens with one attached hydrogen (secondary N) is 1. The molecule has 0 radical (unpaired) electrons. The Bertz CT molecular complexity index is 1050. The van der Waals surface area contributed by atoms with Gasteiger partial charge in [0.05, 0.1) is 12.8 Å². The first kappa shape index (κ1) is 21.1. The molecular formula is C25H29N3O3. The topological polar surface area (TPSA) is 65.4 Å². The number of amides is 1. The fourth-order valence-corrected chi connectivity index (χ4v) is 4.30. The molecule has 1 fully saturated rings. The van der Waals surface area contributed by atoms with Crippen molar-refractivity contribution in [3.63, 3.8) is 0 Å². The highest BCUT2D eigenvalue weighted by Gasteiger charge is 2.37. The van der Waals surface area contributed by atoms with Gasteiger partial charge in [0, 0.05) is 36.4 Å². The van der Waals surface area contributed by atoms with Crippen LogP contribution in [0.25, 0.3) is 5.69 Å². The fourth-order valence-electron chi connectivity index (χ4n) is 4.30. The molecule has 2 heterocycles. The van der Waals surface area contributed by atoms with E-state index in [0.29, 0.717) is 25.5 Å². The Kier molecular flexibility index (Phi) is 6.09. The van der Waals surface area contributed by atoms with Gasteiger partial charge in [-0.25, -0.2) is 4.68 Å². The van der Waals surface area contributed by atoms with Crippen LogP contribution in [0.15, 0.2) is 54.6 Å². The van der Waals surface area contributed by atoms with Gasteiger partial charge in [-0.1, -0.05) is 35.9 Å². The number of hydrogen-bond acceptors (Lipinski definition) is 4. The summed E-state index contributed by atoms with van der Waals surface area (Å²) in [6, 6.07) is 17.9. The van der Waals surface area contributed by atoms with E-state index in [1.54, 1.807) is 11.8 Å². The fraction of sp³-hybridized carbons (Fsp3) is 0.360. The Hall–Kier alpha value is -3.12. The number of ether oxygens (including phenoxy) is 2. The maximum Gasteiger partial charge on any atom is 0.271 e. The molecule has 1 aromatic heterocycles. The third kappa shape index (κ3) is 4.35. The van der Waals surface area contributed by atoms with E-state index < -0.39 is 0 Å². The summed E-state index contributed by atoms with van der Waals surface area (Å²) in [7, 11) is 1.69. The quantitative estimate of drug-likeness (QED) is 0.656. The normalized spacial score (nSPS) is 15.5. The minimum atomic E-state index is -0.234. The zero-order valence-corrected chi connectivity index (χ0v) is 18.4. The molecule has 31 heavy (non-hydrogen) atoms. The van der Waals surface area contributed by atoms with Gasteiger partial charge in [0.25, 0.3) is 5.91 Å². The molecule has 6 heteroatoms. The lowest BCUT2D eigenvalue weighted by molar-refractivity contribution is 0.0478. The molecule has 0 atom stereocenters. The molecule has 4 rings (SSSR count).